The second-order valence-corrected chi connectivity index (χ2v) is 7.92. The van der Waals surface area contributed by atoms with Crippen molar-refractivity contribution >= 4 is 29.5 Å². The van der Waals surface area contributed by atoms with Gasteiger partial charge in [-0.3, -0.25) is 9.69 Å². The molecule has 168 valence electrons. The number of benzene rings is 1. The third-order valence-electron chi connectivity index (χ3n) is 5.33. The highest BCUT2D eigenvalue weighted by atomic mass is 35.5. The smallest absolute Gasteiger partial charge is 0.293 e. The Morgan fingerprint density at radius 2 is 2.28 bits per heavy atom. The number of nitrogen functional groups attached to an aromatic ring is 1. The van der Waals surface area contributed by atoms with Crippen molar-refractivity contribution in [2.24, 2.45) is 5.10 Å². The zero-order chi connectivity index (χ0) is 22.7. The molecule has 1 fully saturated rings. The number of rotatable bonds is 6. The van der Waals surface area contributed by atoms with E-state index in [1.165, 1.54) is 23.0 Å². The number of hydrazone groups is 1. The summed E-state index contributed by atoms with van der Waals surface area (Å²) in [6.07, 6.45) is 4.57. The number of halogens is 1. The van der Waals surface area contributed by atoms with E-state index in [1.807, 2.05) is 0 Å². The lowest BCUT2D eigenvalue weighted by Crippen LogP contribution is -2.38. The van der Waals surface area contributed by atoms with Crippen LogP contribution in [0.25, 0.3) is 5.82 Å². The molecule has 2 aromatic heterocycles. The lowest BCUT2D eigenvalue weighted by molar-refractivity contribution is 0.0945. The van der Waals surface area contributed by atoms with Crippen molar-refractivity contribution < 1.29 is 14.5 Å². The molecule has 3 heterocycles. The molecule has 1 unspecified atom stereocenters. The first-order chi connectivity index (χ1) is 15.4. The van der Waals surface area contributed by atoms with E-state index in [1.54, 1.807) is 6.07 Å². The highest BCUT2D eigenvalue weighted by Gasteiger charge is 2.28. The van der Waals surface area contributed by atoms with E-state index in [4.69, 9.17) is 17.3 Å². The van der Waals surface area contributed by atoms with Crippen molar-refractivity contribution in [2.75, 3.05) is 12.3 Å². The van der Waals surface area contributed by atoms with Crippen molar-refractivity contribution in [3.05, 3.63) is 40.2 Å². The predicted molar refractivity (Wildman–Crippen MR) is 116 cm³/mol. The van der Waals surface area contributed by atoms with Gasteiger partial charge in [0.05, 0.1) is 11.9 Å². The van der Waals surface area contributed by atoms with Crippen molar-refractivity contribution in [1.82, 2.24) is 35.6 Å². The second kappa shape index (κ2) is 9.32. The molecule has 0 bridgehead atoms. The summed E-state index contributed by atoms with van der Waals surface area (Å²) in [5.74, 6) is -0.413. The Morgan fingerprint density at radius 3 is 3.03 bits per heavy atom. The van der Waals surface area contributed by atoms with Crippen LogP contribution in [0, 0.1) is 0 Å². The minimum atomic E-state index is -0.580. The van der Waals surface area contributed by atoms with Gasteiger partial charge in [-0.25, -0.2) is 10.1 Å². The molecular weight excluding hydrogens is 438 g/mol. The van der Waals surface area contributed by atoms with E-state index in [0.29, 0.717) is 28.9 Å². The van der Waals surface area contributed by atoms with Gasteiger partial charge in [0.25, 0.3) is 5.91 Å². The fraction of sp³-hybridized carbons (Fsp3) is 0.368. The number of aromatic hydroxyl groups is 1. The van der Waals surface area contributed by atoms with Gasteiger partial charge in [-0.15, -0.1) is 5.10 Å². The van der Waals surface area contributed by atoms with E-state index >= 15 is 0 Å². The molecule has 1 aliphatic rings. The number of hydrogen-bond donors (Lipinski definition) is 3. The third-order valence-corrected chi connectivity index (χ3v) is 5.56. The number of aromatic nitrogens is 5. The van der Waals surface area contributed by atoms with Crippen LogP contribution in [0.1, 0.15) is 47.9 Å². The Morgan fingerprint density at radius 1 is 1.44 bits per heavy atom. The number of nitrogens with one attached hydrogen (secondary N) is 1. The van der Waals surface area contributed by atoms with Crippen LogP contribution >= 0.6 is 11.6 Å². The summed E-state index contributed by atoms with van der Waals surface area (Å²) in [6, 6.07) is 4.83. The Hall–Kier alpha value is -3.51. The van der Waals surface area contributed by atoms with Crippen LogP contribution < -0.4 is 11.2 Å². The minimum absolute atomic E-state index is 0.0212. The van der Waals surface area contributed by atoms with Crippen LogP contribution in [0.2, 0.25) is 5.02 Å². The Labute approximate surface area is 188 Å². The minimum Gasteiger partial charge on any atom is -0.507 e. The second-order valence-electron chi connectivity index (χ2n) is 7.49. The van der Waals surface area contributed by atoms with Gasteiger partial charge in [-0.2, -0.15) is 9.78 Å². The van der Waals surface area contributed by atoms with Gasteiger partial charge < -0.3 is 10.8 Å². The number of nitrogens with two attached hydrogens (primary N) is 1. The molecule has 1 aromatic carbocycles. The number of carbonyl (C=O) groups is 1. The normalized spacial score (nSPS) is 17.1. The fourth-order valence-corrected chi connectivity index (χ4v) is 3.74. The molecule has 4 rings (SSSR count). The molecule has 0 aliphatic carbocycles. The Balaban J connectivity index is 1.60. The lowest BCUT2D eigenvalue weighted by Gasteiger charge is -2.33. The van der Waals surface area contributed by atoms with E-state index in [9.17, 15) is 9.90 Å². The monoisotopic (exact) mass is 459 g/mol. The maximum atomic E-state index is 12.9. The molecule has 3 aromatic rings. The molecule has 0 radical (unpaired) electrons. The first-order valence-electron chi connectivity index (χ1n) is 10.0. The number of hydrogen-bond acceptors (Lipinski definition) is 10. The number of phenolic OH excluding ortho intramolecular Hbond substituents is 1. The van der Waals surface area contributed by atoms with E-state index in [2.05, 4.69) is 47.6 Å². The highest BCUT2D eigenvalue weighted by Crippen LogP contribution is 2.23. The van der Waals surface area contributed by atoms with Gasteiger partial charge in [0.15, 0.2) is 5.69 Å². The summed E-state index contributed by atoms with van der Waals surface area (Å²) >= 11 is 5.93. The van der Waals surface area contributed by atoms with Crippen LogP contribution in [0.3, 0.4) is 0 Å². The fourth-order valence-electron chi connectivity index (χ4n) is 3.55. The number of anilines is 1. The van der Waals surface area contributed by atoms with Crippen LogP contribution in [0.5, 0.6) is 5.75 Å². The van der Waals surface area contributed by atoms with Crippen molar-refractivity contribution in [3.63, 3.8) is 0 Å². The molecule has 4 N–H and O–H groups in total. The van der Waals surface area contributed by atoms with Gasteiger partial charge in [-0.1, -0.05) is 23.2 Å². The standard InChI is InChI=1S/C19H22ClN9O3/c1-11-4-2-3-7-28(11)10-14-16(23-27-29(14)18-17(21)25-32-26-18)19(31)24-22-9-12-8-13(20)5-6-15(12)30/h5-6,8-9,11,30H,2-4,7,10H2,1H3,(H2,21,25)(H,24,31)/b22-9-. The Kier molecular flexibility index (Phi) is 6.32. The van der Waals surface area contributed by atoms with Crippen LogP contribution in [0.15, 0.2) is 27.9 Å². The molecule has 13 heteroatoms. The molecule has 1 amide bonds. The van der Waals surface area contributed by atoms with Gasteiger partial charge in [0.2, 0.25) is 11.6 Å². The van der Waals surface area contributed by atoms with Gasteiger partial charge in [0, 0.05) is 23.2 Å². The first kappa shape index (κ1) is 21.7. The maximum absolute atomic E-state index is 12.9. The molecule has 32 heavy (non-hydrogen) atoms. The molecular formula is C19H22ClN9O3. The summed E-state index contributed by atoms with van der Waals surface area (Å²) in [7, 11) is 0. The van der Waals surface area contributed by atoms with Crippen LogP contribution in [-0.4, -0.2) is 60.0 Å². The zero-order valence-corrected chi connectivity index (χ0v) is 18.0. The molecule has 1 atom stereocenters. The Bertz CT molecular complexity index is 1140. The summed E-state index contributed by atoms with van der Waals surface area (Å²) in [4.78, 5) is 15.1. The highest BCUT2D eigenvalue weighted by molar-refractivity contribution is 6.30. The number of carbonyl (C=O) groups excluding carboxylic acids is 1. The van der Waals surface area contributed by atoms with Crippen molar-refractivity contribution in [3.8, 4) is 11.6 Å². The molecule has 1 aliphatic heterocycles. The SMILES string of the molecule is CC1CCCCN1Cc1c(C(=O)N/N=C\c2cc(Cl)ccc2O)nnn1-c1nonc1N. The van der Waals surface area contributed by atoms with Crippen molar-refractivity contribution in [2.45, 2.75) is 38.8 Å². The number of nitrogens with zero attached hydrogens (tertiary/aromatic N) is 7. The van der Waals surface area contributed by atoms with Crippen molar-refractivity contribution in [1.29, 1.82) is 0 Å². The number of phenols is 1. The summed E-state index contributed by atoms with van der Waals surface area (Å²) < 4.78 is 6.04. The lowest BCUT2D eigenvalue weighted by atomic mass is 10.0. The number of likely N-dealkylation sites (tertiary alicyclic amines) is 1. The summed E-state index contributed by atoms with van der Waals surface area (Å²) in [6.45, 7) is 3.43. The van der Waals surface area contributed by atoms with E-state index in [-0.39, 0.29) is 23.1 Å². The molecule has 0 spiro atoms. The van der Waals surface area contributed by atoms with Gasteiger partial charge in [-0.05, 0) is 54.8 Å². The topological polar surface area (TPSA) is 161 Å². The summed E-state index contributed by atoms with van der Waals surface area (Å²) in [5.41, 5.74) is 9.14. The van der Waals surface area contributed by atoms with Crippen LogP contribution in [0.4, 0.5) is 5.82 Å². The van der Waals surface area contributed by atoms with Gasteiger partial charge in [0.1, 0.15) is 5.75 Å². The number of piperidine rings is 1. The molecule has 12 nitrogen and oxygen atoms in total. The van der Waals surface area contributed by atoms with Gasteiger partial charge >= 0.3 is 0 Å². The zero-order valence-electron chi connectivity index (χ0n) is 17.3. The molecule has 0 saturated carbocycles. The average Bonchev–Trinajstić information content (AvgIpc) is 3.38. The van der Waals surface area contributed by atoms with E-state index in [0.717, 1.165) is 25.8 Å². The predicted octanol–water partition coefficient (Wildman–Crippen LogP) is 1.73. The third kappa shape index (κ3) is 4.55. The number of amides is 1. The van der Waals surface area contributed by atoms with E-state index < -0.39 is 5.91 Å². The molecule has 1 saturated heterocycles. The van der Waals surface area contributed by atoms with Crippen LogP contribution in [-0.2, 0) is 6.54 Å². The summed E-state index contributed by atoms with van der Waals surface area (Å²) in [5, 5.41) is 29.6. The first-order valence-corrected chi connectivity index (χ1v) is 10.4. The largest absolute Gasteiger partial charge is 0.507 e. The average molecular weight is 460 g/mol. The quantitative estimate of drug-likeness (QED) is 0.368. The maximum Gasteiger partial charge on any atom is 0.293 e.